The minimum atomic E-state index is -0.392. The van der Waals surface area contributed by atoms with E-state index in [4.69, 9.17) is 0 Å². The number of hydrogen-bond donors (Lipinski definition) is 1. The lowest BCUT2D eigenvalue weighted by molar-refractivity contribution is 0.0944. The van der Waals surface area contributed by atoms with Gasteiger partial charge in [-0.3, -0.25) is 14.4 Å². The molecule has 2 aromatic heterocycles. The molecule has 0 atom stereocenters. The van der Waals surface area contributed by atoms with E-state index in [0.717, 1.165) is 41.6 Å². The summed E-state index contributed by atoms with van der Waals surface area (Å²) in [5.74, 6) is -0.392. The maximum atomic E-state index is 12.1. The van der Waals surface area contributed by atoms with Crippen LogP contribution in [-0.4, -0.2) is 32.0 Å². The van der Waals surface area contributed by atoms with Crippen molar-refractivity contribution < 1.29 is 4.79 Å². The molecule has 2 heterocycles. The van der Waals surface area contributed by atoms with Gasteiger partial charge >= 0.3 is 0 Å². The zero-order valence-corrected chi connectivity index (χ0v) is 13.5. The highest BCUT2D eigenvalue weighted by Crippen LogP contribution is 2.16. The fourth-order valence-electron chi connectivity index (χ4n) is 2.75. The van der Waals surface area contributed by atoms with E-state index in [1.54, 1.807) is 6.07 Å². The lowest BCUT2D eigenvalue weighted by Gasteiger charge is -2.16. The van der Waals surface area contributed by atoms with Crippen molar-refractivity contribution in [2.45, 2.75) is 32.2 Å². The number of carbonyl (C=O) groups is 1. The molecule has 1 N–H and O–H groups in total. The molecule has 0 aliphatic heterocycles. The summed E-state index contributed by atoms with van der Waals surface area (Å²) in [5, 5.41) is 11.0. The molecule has 0 spiro atoms. The number of amides is 1. The van der Waals surface area contributed by atoms with Crippen LogP contribution in [-0.2, 0) is 26.4 Å². The zero-order valence-electron chi connectivity index (χ0n) is 13.5. The largest absolute Gasteiger partial charge is 0.349 e. The quantitative estimate of drug-likeness (QED) is 0.826. The van der Waals surface area contributed by atoms with Gasteiger partial charge in [0.2, 0.25) is 0 Å². The van der Waals surface area contributed by atoms with E-state index >= 15 is 0 Å². The van der Waals surface area contributed by atoms with Crippen LogP contribution in [0, 0.1) is 0 Å². The minimum Gasteiger partial charge on any atom is -0.349 e. The van der Waals surface area contributed by atoms with Gasteiger partial charge in [-0.2, -0.15) is 10.2 Å². The number of nitrogens with zero attached hydrogens (tertiary/aromatic N) is 4. The average Bonchev–Trinajstić information content (AvgIpc) is 2.57. The van der Waals surface area contributed by atoms with Gasteiger partial charge in [0, 0.05) is 25.7 Å². The first-order valence-electron chi connectivity index (χ1n) is 7.97. The number of hydrogen-bond acceptors (Lipinski definition) is 5. The van der Waals surface area contributed by atoms with Gasteiger partial charge in [0.1, 0.15) is 5.69 Å². The number of aryl methyl sites for hydroxylation is 3. The number of aromatic nitrogens is 4. The van der Waals surface area contributed by atoms with Crippen molar-refractivity contribution in [3.63, 3.8) is 0 Å². The van der Waals surface area contributed by atoms with Gasteiger partial charge in [-0.25, -0.2) is 9.36 Å². The minimum absolute atomic E-state index is 0.148. The molecule has 0 aromatic carbocycles. The molecule has 0 radical (unpaired) electrons. The van der Waals surface area contributed by atoms with E-state index in [1.165, 1.54) is 23.9 Å². The Morgan fingerprint density at radius 1 is 1.17 bits per heavy atom. The SMILES string of the molecule is Cn1nc(C(=O)NCCn2nc3c(cc2=O)CCCC3)ccc1=O. The molecule has 1 aliphatic carbocycles. The van der Waals surface area contributed by atoms with E-state index in [2.05, 4.69) is 15.5 Å². The number of rotatable bonds is 4. The Balaban J connectivity index is 1.64. The summed E-state index contributed by atoms with van der Waals surface area (Å²) in [6.45, 7) is 0.554. The average molecular weight is 329 g/mol. The van der Waals surface area contributed by atoms with Gasteiger partial charge in [-0.1, -0.05) is 0 Å². The molecular formula is C16H19N5O3. The van der Waals surface area contributed by atoms with Crippen LogP contribution in [0.1, 0.15) is 34.6 Å². The Hall–Kier alpha value is -2.77. The number of nitrogens with one attached hydrogen (secondary N) is 1. The van der Waals surface area contributed by atoms with Gasteiger partial charge in [0.25, 0.3) is 17.0 Å². The van der Waals surface area contributed by atoms with Crippen molar-refractivity contribution in [3.05, 3.63) is 55.9 Å². The highest BCUT2D eigenvalue weighted by Gasteiger charge is 2.13. The zero-order chi connectivity index (χ0) is 17.1. The van der Waals surface area contributed by atoms with Crippen LogP contribution in [0.15, 0.2) is 27.8 Å². The molecule has 2 aromatic rings. The summed E-state index contributed by atoms with van der Waals surface area (Å²) in [6, 6.07) is 4.32. The molecule has 0 saturated heterocycles. The van der Waals surface area contributed by atoms with Crippen LogP contribution in [0.4, 0.5) is 0 Å². The lowest BCUT2D eigenvalue weighted by atomic mass is 9.97. The molecule has 0 bridgehead atoms. The molecule has 8 nitrogen and oxygen atoms in total. The van der Waals surface area contributed by atoms with E-state index in [9.17, 15) is 14.4 Å². The Morgan fingerprint density at radius 3 is 2.75 bits per heavy atom. The summed E-state index contributed by atoms with van der Waals surface area (Å²) in [7, 11) is 1.48. The first-order chi connectivity index (χ1) is 11.5. The predicted molar refractivity (Wildman–Crippen MR) is 87.0 cm³/mol. The van der Waals surface area contributed by atoms with Crippen molar-refractivity contribution in [2.75, 3.05) is 6.54 Å². The van der Waals surface area contributed by atoms with Crippen LogP contribution in [0.5, 0.6) is 0 Å². The Kier molecular flexibility index (Phi) is 4.54. The third-order valence-corrected chi connectivity index (χ3v) is 4.08. The molecule has 8 heteroatoms. The standard InChI is InChI=1S/C16H19N5O3/c1-20-14(22)7-6-13(18-20)16(24)17-8-9-21-15(23)10-11-4-2-3-5-12(11)19-21/h6-7,10H,2-5,8-9H2,1H3,(H,17,24). The number of fused-ring (bicyclic) bond motifs is 1. The van der Waals surface area contributed by atoms with Crippen molar-refractivity contribution in [1.29, 1.82) is 0 Å². The third kappa shape index (κ3) is 3.42. The van der Waals surface area contributed by atoms with Crippen LogP contribution < -0.4 is 16.4 Å². The van der Waals surface area contributed by atoms with E-state index in [-0.39, 0.29) is 23.4 Å². The van der Waals surface area contributed by atoms with E-state index in [0.29, 0.717) is 6.54 Å². The van der Waals surface area contributed by atoms with Gasteiger partial charge in [-0.05, 0) is 37.3 Å². The fraction of sp³-hybridized carbons (Fsp3) is 0.438. The predicted octanol–water partition coefficient (Wildman–Crippen LogP) is -0.354. The fourth-order valence-corrected chi connectivity index (χ4v) is 2.75. The van der Waals surface area contributed by atoms with Crippen molar-refractivity contribution >= 4 is 5.91 Å². The van der Waals surface area contributed by atoms with E-state index in [1.807, 2.05) is 0 Å². The molecule has 0 fully saturated rings. The highest BCUT2D eigenvalue weighted by atomic mass is 16.2. The molecule has 1 aliphatic rings. The molecule has 24 heavy (non-hydrogen) atoms. The Labute approximate surface area is 138 Å². The second kappa shape index (κ2) is 6.77. The van der Waals surface area contributed by atoms with Gasteiger partial charge < -0.3 is 5.32 Å². The normalized spacial score (nSPS) is 13.4. The van der Waals surface area contributed by atoms with Gasteiger partial charge in [0.05, 0.1) is 12.2 Å². The Morgan fingerprint density at radius 2 is 1.96 bits per heavy atom. The maximum Gasteiger partial charge on any atom is 0.271 e. The Bertz CT molecular complexity index is 884. The number of carbonyl (C=O) groups excluding carboxylic acids is 1. The molecule has 0 unspecified atom stereocenters. The van der Waals surface area contributed by atoms with E-state index < -0.39 is 5.91 Å². The second-order valence-corrected chi connectivity index (χ2v) is 5.82. The third-order valence-electron chi connectivity index (χ3n) is 4.08. The summed E-state index contributed by atoms with van der Waals surface area (Å²) in [4.78, 5) is 35.3. The first-order valence-corrected chi connectivity index (χ1v) is 7.97. The summed E-state index contributed by atoms with van der Waals surface area (Å²) >= 11 is 0. The summed E-state index contributed by atoms with van der Waals surface area (Å²) in [6.07, 6.45) is 3.99. The van der Waals surface area contributed by atoms with Crippen molar-refractivity contribution in [1.82, 2.24) is 24.9 Å². The lowest BCUT2D eigenvalue weighted by Crippen LogP contribution is -2.34. The molecule has 0 saturated carbocycles. The van der Waals surface area contributed by atoms with Crippen molar-refractivity contribution in [2.24, 2.45) is 7.05 Å². The van der Waals surface area contributed by atoms with Crippen LogP contribution >= 0.6 is 0 Å². The molecule has 1 amide bonds. The van der Waals surface area contributed by atoms with Crippen LogP contribution in [0.2, 0.25) is 0 Å². The summed E-state index contributed by atoms with van der Waals surface area (Å²) < 4.78 is 2.49. The smallest absolute Gasteiger partial charge is 0.271 e. The second-order valence-electron chi connectivity index (χ2n) is 5.82. The van der Waals surface area contributed by atoms with Crippen LogP contribution in [0.25, 0.3) is 0 Å². The van der Waals surface area contributed by atoms with Gasteiger partial charge in [0.15, 0.2) is 0 Å². The molecular weight excluding hydrogens is 310 g/mol. The molecule has 126 valence electrons. The van der Waals surface area contributed by atoms with Gasteiger partial charge in [-0.15, -0.1) is 0 Å². The molecule has 3 rings (SSSR count). The maximum absolute atomic E-state index is 12.1. The highest BCUT2D eigenvalue weighted by molar-refractivity contribution is 5.91. The van der Waals surface area contributed by atoms with Crippen LogP contribution in [0.3, 0.4) is 0 Å². The summed E-state index contributed by atoms with van der Waals surface area (Å²) in [5.41, 5.74) is 1.75. The monoisotopic (exact) mass is 329 g/mol. The van der Waals surface area contributed by atoms with Crippen molar-refractivity contribution in [3.8, 4) is 0 Å². The topological polar surface area (TPSA) is 98.9 Å². The first kappa shape index (κ1) is 16.1.